The molecule has 0 amide bonds. The predicted molar refractivity (Wildman–Crippen MR) is 256 cm³/mol. The third-order valence-corrected chi connectivity index (χ3v) is 11.6. The molecule has 0 unspecified atom stereocenters. The van der Waals surface area contributed by atoms with Crippen molar-refractivity contribution in [3.63, 3.8) is 0 Å². The van der Waals surface area contributed by atoms with E-state index in [1.807, 2.05) is 84.9 Å². The van der Waals surface area contributed by atoms with Crippen LogP contribution in [0.2, 0.25) is 0 Å². The molecule has 0 aliphatic rings. The number of hydrogen-bond acceptors (Lipinski definition) is 7. The van der Waals surface area contributed by atoms with Crippen LogP contribution in [0.1, 0.15) is 0 Å². The maximum Gasteiger partial charge on any atom is 0.227 e. The predicted octanol–water partition coefficient (Wildman–Crippen LogP) is 15.6. The van der Waals surface area contributed by atoms with Crippen molar-refractivity contribution in [1.29, 1.82) is 0 Å². The summed E-state index contributed by atoms with van der Waals surface area (Å²) in [4.78, 5) is 16.9. The number of oxazole rings is 3. The van der Waals surface area contributed by atoms with Crippen LogP contribution in [0, 0.1) is 0 Å². The number of fused-ring (bicyclic) bond motifs is 3. The lowest BCUT2D eigenvalue weighted by molar-refractivity contribution is 0.619. The van der Waals surface area contributed by atoms with Crippen LogP contribution in [-0.2, 0) is 0 Å². The van der Waals surface area contributed by atoms with Gasteiger partial charge in [-0.15, -0.1) is 0 Å². The summed E-state index contributed by atoms with van der Waals surface area (Å²) in [5, 5.41) is 0. The molecular formula is C57H36N4O3. The van der Waals surface area contributed by atoms with Crippen molar-refractivity contribution >= 4 is 50.4 Å². The average molecular weight is 825 g/mol. The Kier molecular flexibility index (Phi) is 9.01. The minimum Gasteiger partial charge on any atom is -0.436 e. The van der Waals surface area contributed by atoms with E-state index in [2.05, 4.69) is 138 Å². The zero-order chi connectivity index (χ0) is 42.4. The number of para-hydroxylation sites is 2. The van der Waals surface area contributed by atoms with Gasteiger partial charge >= 0.3 is 0 Å². The second-order valence-corrected chi connectivity index (χ2v) is 15.6. The van der Waals surface area contributed by atoms with Gasteiger partial charge in [0, 0.05) is 44.9 Å². The molecule has 64 heavy (non-hydrogen) atoms. The summed E-state index contributed by atoms with van der Waals surface area (Å²) in [5.41, 5.74) is 16.6. The van der Waals surface area contributed by atoms with E-state index in [1.54, 1.807) is 0 Å². The Morgan fingerprint density at radius 3 is 1.12 bits per heavy atom. The first-order chi connectivity index (χ1) is 31.7. The van der Waals surface area contributed by atoms with Gasteiger partial charge in [-0.05, 0) is 119 Å². The Morgan fingerprint density at radius 2 is 0.672 bits per heavy atom. The van der Waals surface area contributed by atoms with Crippen molar-refractivity contribution in [2.45, 2.75) is 0 Å². The van der Waals surface area contributed by atoms with E-state index in [-0.39, 0.29) is 0 Å². The highest BCUT2D eigenvalue weighted by Gasteiger charge is 2.19. The summed E-state index contributed by atoms with van der Waals surface area (Å²) >= 11 is 0. The molecule has 12 rings (SSSR count). The van der Waals surface area contributed by atoms with Gasteiger partial charge in [0.2, 0.25) is 17.7 Å². The van der Waals surface area contributed by atoms with Gasteiger partial charge in [-0.1, -0.05) is 121 Å². The fraction of sp³-hybridized carbons (Fsp3) is 0. The standard InChI is InChI=1S/C57H36N4O3/c1-4-12-37(13-5-1)43-28-35-52-51(36-43)60-55(62-52)40-22-29-44(30-23-40)61(45-31-24-41(25-32-45)56-58-49-20-10-18-47(53(49)63-56)38-14-6-2-7-15-38)46-33-26-42(27-34-46)57-59-50-21-11-19-48(54(50)64-57)39-16-8-3-9-17-39/h1-36H. The first-order valence-electron chi connectivity index (χ1n) is 21.2. The molecule has 3 aromatic heterocycles. The quantitative estimate of drug-likeness (QED) is 0.143. The van der Waals surface area contributed by atoms with Crippen LogP contribution in [-0.4, -0.2) is 15.0 Å². The fourth-order valence-electron chi connectivity index (χ4n) is 8.40. The van der Waals surface area contributed by atoms with E-state index in [9.17, 15) is 0 Å². The fourth-order valence-corrected chi connectivity index (χ4v) is 8.40. The molecule has 12 aromatic rings. The first kappa shape index (κ1) is 37.0. The Hall–Kier alpha value is -8.81. The monoisotopic (exact) mass is 824 g/mol. The van der Waals surface area contributed by atoms with E-state index in [4.69, 9.17) is 28.2 Å². The second kappa shape index (κ2) is 15.6. The second-order valence-electron chi connectivity index (χ2n) is 15.6. The number of hydrogen-bond donors (Lipinski definition) is 0. The summed E-state index contributed by atoms with van der Waals surface area (Å²) in [6, 6.07) is 74.0. The summed E-state index contributed by atoms with van der Waals surface area (Å²) in [6.07, 6.45) is 0. The number of anilines is 3. The molecule has 3 heterocycles. The van der Waals surface area contributed by atoms with Crippen molar-refractivity contribution in [2.24, 2.45) is 0 Å². The Morgan fingerprint density at radius 1 is 0.281 bits per heavy atom. The van der Waals surface area contributed by atoms with Crippen LogP contribution in [0.25, 0.3) is 101 Å². The van der Waals surface area contributed by atoms with Crippen molar-refractivity contribution in [3.8, 4) is 67.7 Å². The topological polar surface area (TPSA) is 81.3 Å². The number of benzene rings is 9. The van der Waals surface area contributed by atoms with E-state index < -0.39 is 0 Å². The lowest BCUT2D eigenvalue weighted by Crippen LogP contribution is -2.09. The number of aromatic nitrogens is 3. The molecule has 0 bridgehead atoms. The van der Waals surface area contributed by atoms with Gasteiger partial charge in [-0.3, -0.25) is 0 Å². The van der Waals surface area contributed by atoms with Crippen molar-refractivity contribution in [2.75, 3.05) is 4.90 Å². The van der Waals surface area contributed by atoms with Crippen molar-refractivity contribution in [3.05, 3.63) is 218 Å². The average Bonchev–Trinajstić information content (AvgIpc) is 4.13. The normalized spacial score (nSPS) is 11.4. The van der Waals surface area contributed by atoms with Gasteiger partial charge in [0.1, 0.15) is 16.6 Å². The zero-order valence-electron chi connectivity index (χ0n) is 34.3. The molecule has 0 aliphatic heterocycles. The number of rotatable bonds is 9. The molecule has 0 fully saturated rings. The van der Waals surface area contributed by atoms with Crippen LogP contribution >= 0.6 is 0 Å². The smallest absolute Gasteiger partial charge is 0.227 e. The SMILES string of the molecule is c1ccc(-c2ccc3oc(-c4ccc(N(c5ccc(-c6nc7cccc(-c8ccccc8)c7o6)cc5)c5ccc(-c6nc7cccc(-c8ccccc8)c7o6)cc5)cc4)nc3c2)cc1. The van der Waals surface area contributed by atoms with Crippen LogP contribution in [0.3, 0.4) is 0 Å². The maximum absolute atomic E-state index is 6.47. The highest BCUT2D eigenvalue weighted by atomic mass is 16.4. The molecule has 0 aliphatic carbocycles. The lowest BCUT2D eigenvalue weighted by atomic mass is 10.1. The molecule has 0 N–H and O–H groups in total. The van der Waals surface area contributed by atoms with E-state index >= 15 is 0 Å². The van der Waals surface area contributed by atoms with Gasteiger partial charge in [-0.25, -0.2) is 15.0 Å². The molecule has 0 saturated heterocycles. The summed E-state index contributed by atoms with van der Waals surface area (Å²) in [5.74, 6) is 1.69. The van der Waals surface area contributed by atoms with Crippen molar-refractivity contribution in [1.82, 2.24) is 15.0 Å². The van der Waals surface area contributed by atoms with E-state index in [0.717, 1.165) is 100 Å². The molecule has 7 heteroatoms. The van der Waals surface area contributed by atoms with Crippen LogP contribution < -0.4 is 4.90 Å². The van der Waals surface area contributed by atoms with Gasteiger partial charge in [-0.2, -0.15) is 0 Å². The lowest BCUT2D eigenvalue weighted by Gasteiger charge is -2.26. The Labute approximate surface area is 368 Å². The molecular weight excluding hydrogens is 789 g/mol. The van der Waals surface area contributed by atoms with E-state index in [0.29, 0.717) is 17.7 Å². The van der Waals surface area contributed by atoms with Gasteiger partial charge in [0.05, 0.1) is 0 Å². The Bertz CT molecular complexity index is 3420. The zero-order valence-corrected chi connectivity index (χ0v) is 34.3. The number of nitrogens with zero attached hydrogens (tertiary/aromatic N) is 4. The third-order valence-electron chi connectivity index (χ3n) is 11.6. The minimum atomic E-state index is 0.563. The molecule has 0 atom stereocenters. The highest BCUT2D eigenvalue weighted by Crippen LogP contribution is 2.40. The summed E-state index contributed by atoms with van der Waals surface area (Å²) in [7, 11) is 0. The molecule has 302 valence electrons. The molecule has 9 aromatic carbocycles. The molecule has 0 spiro atoms. The maximum atomic E-state index is 6.47. The Balaban J connectivity index is 0.897. The first-order valence-corrected chi connectivity index (χ1v) is 21.2. The van der Waals surface area contributed by atoms with Crippen molar-refractivity contribution < 1.29 is 13.3 Å². The molecule has 7 nitrogen and oxygen atoms in total. The minimum absolute atomic E-state index is 0.563. The van der Waals surface area contributed by atoms with Crippen LogP contribution in [0.15, 0.2) is 232 Å². The largest absolute Gasteiger partial charge is 0.436 e. The van der Waals surface area contributed by atoms with Crippen LogP contribution in [0.4, 0.5) is 17.1 Å². The molecule has 0 saturated carbocycles. The van der Waals surface area contributed by atoms with Crippen LogP contribution in [0.5, 0.6) is 0 Å². The van der Waals surface area contributed by atoms with Gasteiger partial charge in [0.15, 0.2) is 16.7 Å². The summed E-state index contributed by atoms with van der Waals surface area (Å²) in [6.45, 7) is 0. The van der Waals surface area contributed by atoms with Gasteiger partial charge < -0.3 is 18.2 Å². The highest BCUT2D eigenvalue weighted by molar-refractivity contribution is 5.93. The summed E-state index contributed by atoms with van der Waals surface area (Å²) < 4.78 is 19.2. The van der Waals surface area contributed by atoms with E-state index in [1.165, 1.54) is 0 Å². The molecule has 0 radical (unpaired) electrons. The third kappa shape index (κ3) is 6.78. The van der Waals surface area contributed by atoms with Gasteiger partial charge in [0.25, 0.3) is 0 Å².